The lowest BCUT2D eigenvalue weighted by Gasteiger charge is -2.04. The first-order valence-electron chi connectivity index (χ1n) is 6.54. The molecule has 5 nitrogen and oxygen atoms in total. The van der Waals surface area contributed by atoms with Crippen LogP contribution >= 0.6 is 11.8 Å². The molecule has 7 heteroatoms. The van der Waals surface area contributed by atoms with Crippen LogP contribution in [0.25, 0.3) is 11.2 Å². The van der Waals surface area contributed by atoms with Crippen molar-refractivity contribution in [2.75, 3.05) is 11.5 Å². The van der Waals surface area contributed by atoms with E-state index >= 15 is 0 Å². The van der Waals surface area contributed by atoms with Crippen LogP contribution in [-0.4, -0.2) is 25.3 Å². The Balaban J connectivity index is 1.57. The Kier molecular flexibility index (Phi) is 4.01. The molecule has 2 aromatic heterocycles. The quantitative estimate of drug-likeness (QED) is 0.580. The standard InChI is InChI=1S/C14H14FN5S/c15-10-2-4-11(5-3-10)21-7-1-6-20-9-19-12-13(16)17-8-18-14(12)20/h2-5,8-9H,1,6-7H2,(H2,16,17,18). The predicted molar refractivity (Wildman–Crippen MR) is 81.5 cm³/mol. The van der Waals surface area contributed by atoms with Crippen molar-refractivity contribution in [3.63, 3.8) is 0 Å². The molecule has 0 aliphatic carbocycles. The number of hydrogen-bond acceptors (Lipinski definition) is 5. The molecular formula is C14H14FN5S. The molecule has 0 saturated carbocycles. The van der Waals surface area contributed by atoms with Gasteiger partial charge < -0.3 is 10.3 Å². The lowest BCUT2D eigenvalue weighted by atomic mass is 10.4. The third-order valence-electron chi connectivity index (χ3n) is 3.06. The minimum Gasteiger partial charge on any atom is -0.382 e. The third-order valence-corrected chi connectivity index (χ3v) is 4.15. The van der Waals surface area contributed by atoms with Crippen LogP contribution in [-0.2, 0) is 6.54 Å². The second kappa shape index (κ2) is 6.09. The molecule has 0 radical (unpaired) electrons. The summed E-state index contributed by atoms with van der Waals surface area (Å²) in [5.41, 5.74) is 7.15. The summed E-state index contributed by atoms with van der Waals surface area (Å²) in [6.07, 6.45) is 4.14. The summed E-state index contributed by atoms with van der Waals surface area (Å²) >= 11 is 1.70. The monoisotopic (exact) mass is 303 g/mol. The van der Waals surface area contributed by atoms with Crippen molar-refractivity contribution < 1.29 is 4.39 Å². The van der Waals surface area contributed by atoms with Gasteiger partial charge in [0.25, 0.3) is 0 Å². The zero-order valence-electron chi connectivity index (χ0n) is 11.2. The minimum absolute atomic E-state index is 0.207. The number of nitrogen functional groups attached to an aromatic ring is 1. The Morgan fingerprint density at radius 3 is 2.76 bits per heavy atom. The number of imidazole rings is 1. The minimum atomic E-state index is -0.207. The molecule has 3 rings (SSSR count). The smallest absolute Gasteiger partial charge is 0.165 e. The van der Waals surface area contributed by atoms with E-state index in [1.807, 2.05) is 4.57 Å². The van der Waals surface area contributed by atoms with Crippen molar-refractivity contribution in [2.45, 2.75) is 17.9 Å². The van der Waals surface area contributed by atoms with Crippen LogP contribution in [0.3, 0.4) is 0 Å². The van der Waals surface area contributed by atoms with Gasteiger partial charge in [0.2, 0.25) is 0 Å². The number of aryl methyl sites for hydroxylation is 1. The summed E-state index contributed by atoms with van der Waals surface area (Å²) < 4.78 is 14.8. The first kappa shape index (κ1) is 13.8. The zero-order valence-corrected chi connectivity index (χ0v) is 12.1. The Morgan fingerprint density at radius 2 is 1.95 bits per heavy atom. The summed E-state index contributed by atoms with van der Waals surface area (Å²) in [4.78, 5) is 13.4. The number of benzene rings is 1. The molecule has 2 heterocycles. The normalized spacial score (nSPS) is 11.1. The van der Waals surface area contributed by atoms with Crippen molar-refractivity contribution in [1.82, 2.24) is 19.5 Å². The predicted octanol–water partition coefficient (Wildman–Crippen LogP) is 2.73. The number of hydrogen-bond donors (Lipinski definition) is 1. The first-order chi connectivity index (χ1) is 10.2. The van der Waals surface area contributed by atoms with Gasteiger partial charge >= 0.3 is 0 Å². The Bertz CT molecular complexity index is 741. The van der Waals surface area contributed by atoms with E-state index in [4.69, 9.17) is 5.73 Å². The lowest BCUT2D eigenvalue weighted by molar-refractivity contribution is 0.626. The molecule has 0 fully saturated rings. The van der Waals surface area contributed by atoms with Crippen molar-refractivity contribution in [3.8, 4) is 0 Å². The third kappa shape index (κ3) is 3.13. The van der Waals surface area contributed by atoms with E-state index in [9.17, 15) is 4.39 Å². The van der Waals surface area contributed by atoms with Crippen LogP contribution in [0.2, 0.25) is 0 Å². The summed E-state index contributed by atoms with van der Waals surface area (Å²) in [6, 6.07) is 6.54. The molecule has 0 bridgehead atoms. The van der Waals surface area contributed by atoms with Gasteiger partial charge in [-0.15, -0.1) is 11.8 Å². The van der Waals surface area contributed by atoms with Gasteiger partial charge in [-0.25, -0.2) is 19.3 Å². The maximum Gasteiger partial charge on any atom is 0.165 e. The van der Waals surface area contributed by atoms with E-state index in [1.54, 1.807) is 30.2 Å². The fraction of sp³-hybridized carbons (Fsp3) is 0.214. The van der Waals surface area contributed by atoms with Gasteiger partial charge in [0.15, 0.2) is 11.5 Å². The molecule has 0 saturated heterocycles. The molecule has 1 aromatic carbocycles. The van der Waals surface area contributed by atoms with Crippen molar-refractivity contribution in [2.24, 2.45) is 0 Å². The fourth-order valence-corrected chi connectivity index (χ4v) is 2.86. The topological polar surface area (TPSA) is 69.6 Å². The van der Waals surface area contributed by atoms with Gasteiger partial charge in [0.05, 0.1) is 6.33 Å². The Hall–Kier alpha value is -2.15. The van der Waals surface area contributed by atoms with Crippen LogP contribution in [0.15, 0.2) is 41.8 Å². The summed E-state index contributed by atoms with van der Waals surface area (Å²) in [5.74, 6) is 1.13. The number of fused-ring (bicyclic) bond motifs is 1. The van der Waals surface area contributed by atoms with Gasteiger partial charge in [0, 0.05) is 11.4 Å². The van der Waals surface area contributed by atoms with E-state index < -0.39 is 0 Å². The van der Waals surface area contributed by atoms with Crippen molar-refractivity contribution >= 4 is 28.7 Å². The lowest BCUT2D eigenvalue weighted by Crippen LogP contribution is -2.00. The van der Waals surface area contributed by atoms with E-state index in [0.717, 1.165) is 29.3 Å². The Labute approximate surface area is 125 Å². The second-order valence-corrected chi connectivity index (χ2v) is 5.69. The fourth-order valence-electron chi connectivity index (χ4n) is 2.02. The van der Waals surface area contributed by atoms with Crippen LogP contribution in [0, 0.1) is 5.82 Å². The van der Waals surface area contributed by atoms with Gasteiger partial charge in [0.1, 0.15) is 17.7 Å². The van der Waals surface area contributed by atoms with Crippen LogP contribution in [0.1, 0.15) is 6.42 Å². The number of nitrogens with two attached hydrogens (primary N) is 1. The van der Waals surface area contributed by atoms with Gasteiger partial charge in [-0.05, 0) is 36.4 Å². The van der Waals surface area contributed by atoms with E-state index in [-0.39, 0.29) is 5.82 Å². The average Bonchev–Trinajstić information content (AvgIpc) is 2.90. The van der Waals surface area contributed by atoms with Crippen LogP contribution in [0.4, 0.5) is 10.2 Å². The van der Waals surface area contributed by atoms with Crippen molar-refractivity contribution in [3.05, 3.63) is 42.7 Å². The van der Waals surface area contributed by atoms with Crippen LogP contribution < -0.4 is 5.73 Å². The molecule has 21 heavy (non-hydrogen) atoms. The summed E-state index contributed by atoms with van der Waals surface area (Å²) in [5, 5.41) is 0. The SMILES string of the molecule is Nc1ncnc2c1ncn2CCCSc1ccc(F)cc1. The molecule has 2 N–H and O–H groups in total. The molecule has 0 unspecified atom stereocenters. The maximum absolute atomic E-state index is 12.8. The molecule has 0 spiro atoms. The highest BCUT2D eigenvalue weighted by Gasteiger charge is 2.07. The molecule has 0 aliphatic rings. The van der Waals surface area contributed by atoms with E-state index in [2.05, 4.69) is 15.0 Å². The maximum atomic E-state index is 12.8. The van der Waals surface area contributed by atoms with Gasteiger partial charge in [-0.2, -0.15) is 0 Å². The average molecular weight is 303 g/mol. The Morgan fingerprint density at radius 1 is 1.14 bits per heavy atom. The van der Waals surface area contributed by atoms with Crippen molar-refractivity contribution in [1.29, 1.82) is 0 Å². The highest BCUT2D eigenvalue weighted by Crippen LogP contribution is 2.20. The largest absolute Gasteiger partial charge is 0.382 e. The summed E-state index contributed by atoms with van der Waals surface area (Å²) in [7, 11) is 0. The number of rotatable bonds is 5. The molecule has 0 atom stereocenters. The highest BCUT2D eigenvalue weighted by molar-refractivity contribution is 7.99. The van der Waals surface area contributed by atoms with E-state index in [0.29, 0.717) is 11.3 Å². The molecule has 3 aromatic rings. The number of thioether (sulfide) groups is 1. The first-order valence-corrected chi connectivity index (χ1v) is 7.52. The zero-order chi connectivity index (χ0) is 14.7. The van der Waals surface area contributed by atoms with Gasteiger partial charge in [-0.1, -0.05) is 0 Å². The number of halogens is 1. The number of aromatic nitrogens is 4. The molecule has 0 aliphatic heterocycles. The molecular weight excluding hydrogens is 289 g/mol. The second-order valence-electron chi connectivity index (χ2n) is 4.53. The van der Waals surface area contributed by atoms with Gasteiger partial charge in [-0.3, -0.25) is 0 Å². The highest BCUT2D eigenvalue weighted by atomic mass is 32.2. The van der Waals surface area contributed by atoms with E-state index in [1.165, 1.54) is 18.5 Å². The van der Waals surface area contributed by atoms with Crippen LogP contribution in [0.5, 0.6) is 0 Å². The number of nitrogens with zero attached hydrogens (tertiary/aromatic N) is 4. The summed E-state index contributed by atoms with van der Waals surface area (Å²) in [6.45, 7) is 0.807. The molecule has 108 valence electrons. The number of anilines is 1. The molecule has 0 amide bonds.